The lowest BCUT2D eigenvalue weighted by Gasteiger charge is -2.56. The van der Waals surface area contributed by atoms with Crippen LogP contribution in [0.25, 0.3) is 10.9 Å². The lowest BCUT2D eigenvalue weighted by Crippen LogP contribution is -2.69. The third-order valence-corrected chi connectivity index (χ3v) is 7.60. The maximum Gasteiger partial charge on any atom is 0.318 e. The summed E-state index contributed by atoms with van der Waals surface area (Å²) in [5.74, 6) is 1.14. The molecule has 0 bridgehead atoms. The first-order valence-electron chi connectivity index (χ1n) is 12.0. The molecule has 1 aromatic heterocycles. The average Bonchev–Trinajstić information content (AvgIpc) is 3.43. The Kier molecular flexibility index (Phi) is 5.51. The van der Waals surface area contributed by atoms with Gasteiger partial charge in [0.15, 0.2) is 0 Å². The van der Waals surface area contributed by atoms with E-state index >= 15 is 0 Å². The van der Waals surface area contributed by atoms with Crippen LogP contribution in [-0.2, 0) is 10.2 Å². The van der Waals surface area contributed by atoms with E-state index in [1.54, 1.807) is 12.0 Å². The first kappa shape index (κ1) is 22.1. The van der Waals surface area contributed by atoms with Gasteiger partial charge >= 0.3 is 6.03 Å². The molecule has 5 rings (SSSR count). The van der Waals surface area contributed by atoms with E-state index in [9.17, 15) is 14.7 Å². The van der Waals surface area contributed by atoms with E-state index in [1.165, 1.54) is 0 Å². The van der Waals surface area contributed by atoms with Gasteiger partial charge in [-0.3, -0.25) is 4.79 Å². The summed E-state index contributed by atoms with van der Waals surface area (Å²) in [4.78, 5) is 33.4. The number of aliphatic hydroxyl groups is 1. The molecule has 0 unspecified atom stereocenters. The molecule has 1 spiro atoms. The fourth-order valence-electron chi connectivity index (χ4n) is 6.08. The molecular weight excluding hydrogens is 420 g/mol. The Labute approximate surface area is 194 Å². The monoisotopic (exact) mass is 454 g/mol. The van der Waals surface area contributed by atoms with Gasteiger partial charge in [0, 0.05) is 54.3 Å². The Hall–Kier alpha value is -2.74. The molecule has 0 radical (unpaired) electrons. The number of H-pyrrole nitrogens is 1. The van der Waals surface area contributed by atoms with Crippen LogP contribution in [0.15, 0.2) is 18.2 Å². The molecule has 3 heterocycles. The maximum atomic E-state index is 13.1. The van der Waals surface area contributed by atoms with Gasteiger partial charge in [-0.15, -0.1) is 0 Å². The summed E-state index contributed by atoms with van der Waals surface area (Å²) in [5.41, 5.74) is 2.56. The zero-order valence-electron chi connectivity index (χ0n) is 19.7. The van der Waals surface area contributed by atoms with Crippen LogP contribution >= 0.6 is 0 Å². The summed E-state index contributed by atoms with van der Waals surface area (Å²) in [6.07, 6.45) is 4.22. The number of aromatic amines is 1. The zero-order chi connectivity index (χ0) is 23.3. The summed E-state index contributed by atoms with van der Waals surface area (Å²) in [5, 5.41) is 14.4. The largest absolute Gasteiger partial charge is 0.497 e. The van der Waals surface area contributed by atoms with E-state index in [1.807, 2.05) is 36.9 Å². The smallest absolute Gasteiger partial charge is 0.318 e. The number of carbonyl (C=O) groups is 2. The molecule has 8 nitrogen and oxygen atoms in total. The van der Waals surface area contributed by atoms with Gasteiger partial charge in [-0.2, -0.15) is 0 Å². The minimum Gasteiger partial charge on any atom is -0.497 e. The first-order chi connectivity index (χ1) is 15.9. The van der Waals surface area contributed by atoms with Crippen LogP contribution in [0.4, 0.5) is 4.79 Å². The Morgan fingerprint density at radius 2 is 1.97 bits per heavy atom. The number of likely N-dealkylation sites (tertiary alicyclic amines) is 1. The van der Waals surface area contributed by atoms with Gasteiger partial charge in [-0.25, -0.2) is 4.79 Å². The quantitative estimate of drug-likeness (QED) is 0.662. The van der Waals surface area contributed by atoms with Crippen LogP contribution in [0.1, 0.15) is 56.8 Å². The molecule has 3 amide bonds. The number of nitrogens with one attached hydrogen (secondary N) is 2. The van der Waals surface area contributed by atoms with Crippen molar-refractivity contribution in [1.29, 1.82) is 0 Å². The number of aliphatic hydroxyl groups excluding tert-OH is 1. The SMILES string of the molecule is COc1ccc2c3c([nH]c2c1)[C@@H](CO)N(C(=O)NC(C)C)CC31CN(C(=O)C2CCCC2)C1. The molecule has 2 aliphatic heterocycles. The van der Waals surface area contributed by atoms with E-state index in [0.29, 0.717) is 19.6 Å². The molecule has 8 heteroatoms. The number of hydrogen-bond acceptors (Lipinski definition) is 4. The van der Waals surface area contributed by atoms with Crippen molar-refractivity contribution in [2.45, 2.75) is 57.0 Å². The van der Waals surface area contributed by atoms with Crippen molar-refractivity contribution in [3.05, 3.63) is 29.5 Å². The highest BCUT2D eigenvalue weighted by Gasteiger charge is 2.55. The van der Waals surface area contributed by atoms with Gasteiger partial charge in [0.05, 0.1) is 25.2 Å². The van der Waals surface area contributed by atoms with Crippen molar-refractivity contribution in [1.82, 2.24) is 20.1 Å². The lowest BCUT2D eigenvalue weighted by atomic mass is 9.68. The summed E-state index contributed by atoms with van der Waals surface area (Å²) in [6.45, 7) is 5.34. The molecule has 1 saturated heterocycles. The standard InChI is InChI=1S/C25H34N4O4/c1-15(2)26-24(32)29-14-25(12-28(13-25)23(31)16-6-4-5-7-16)21-18-9-8-17(33-3)10-19(18)27-22(21)20(29)11-30/h8-10,15-16,20,27,30H,4-7,11-14H2,1-3H3,(H,26,32)/t20-/m1/s1. The lowest BCUT2D eigenvalue weighted by molar-refractivity contribution is -0.144. The number of benzene rings is 1. The fraction of sp³-hybridized carbons (Fsp3) is 0.600. The third kappa shape index (κ3) is 3.55. The number of aromatic nitrogens is 1. The van der Waals surface area contributed by atoms with Crippen molar-refractivity contribution >= 4 is 22.8 Å². The number of urea groups is 1. The van der Waals surface area contributed by atoms with Crippen molar-refractivity contribution in [2.75, 3.05) is 33.4 Å². The van der Waals surface area contributed by atoms with Crippen molar-refractivity contribution in [3.8, 4) is 5.75 Å². The van der Waals surface area contributed by atoms with Crippen molar-refractivity contribution < 1.29 is 19.4 Å². The Balaban J connectivity index is 1.55. The minimum absolute atomic E-state index is 0.0111. The average molecular weight is 455 g/mol. The predicted octanol–water partition coefficient (Wildman–Crippen LogP) is 2.91. The van der Waals surface area contributed by atoms with Gasteiger partial charge in [-0.05, 0) is 44.4 Å². The van der Waals surface area contributed by atoms with Crippen molar-refractivity contribution in [3.63, 3.8) is 0 Å². The third-order valence-electron chi connectivity index (χ3n) is 7.60. The summed E-state index contributed by atoms with van der Waals surface area (Å²) in [6, 6.07) is 5.27. The molecule has 1 aliphatic carbocycles. The van der Waals surface area contributed by atoms with E-state index < -0.39 is 6.04 Å². The van der Waals surface area contributed by atoms with E-state index in [0.717, 1.165) is 53.6 Å². The van der Waals surface area contributed by atoms with Gasteiger partial charge in [-0.1, -0.05) is 12.8 Å². The number of rotatable bonds is 4. The van der Waals surface area contributed by atoms with E-state index in [4.69, 9.17) is 4.74 Å². The van der Waals surface area contributed by atoms with Crippen molar-refractivity contribution in [2.24, 2.45) is 5.92 Å². The number of nitrogens with zero attached hydrogens (tertiary/aromatic N) is 2. The highest BCUT2D eigenvalue weighted by molar-refractivity contribution is 5.90. The van der Waals surface area contributed by atoms with Crippen LogP contribution in [0.5, 0.6) is 5.75 Å². The Morgan fingerprint density at radius 3 is 2.61 bits per heavy atom. The molecule has 3 N–H and O–H groups in total. The van der Waals surface area contributed by atoms with E-state index in [2.05, 4.69) is 10.3 Å². The number of ether oxygens (including phenoxy) is 1. The molecule has 1 atom stereocenters. The second-order valence-electron chi connectivity index (χ2n) is 10.2. The number of carbonyl (C=O) groups excluding carboxylic acids is 2. The first-order valence-corrected chi connectivity index (χ1v) is 12.0. The Bertz CT molecular complexity index is 1070. The molecule has 2 aromatic rings. The molecule has 2 fully saturated rings. The molecule has 33 heavy (non-hydrogen) atoms. The van der Waals surface area contributed by atoms with Gasteiger partial charge in [0.25, 0.3) is 0 Å². The van der Waals surface area contributed by atoms with Crippen LogP contribution in [0.2, 0.25) is 0 Å². The van der Waals surface area contributed by atoms with Gasteiger partial charge < -0.3 is 29.9 Å². The number of methoxy groups -OCH3 is 1. The summed E-state index contributed by atoms with van der Waals surface area (Å²) in [7, 11) is 1.64. The predicted molar refractivity (Wildman–Crippen MR) is 125 cm³/mol. The highest BCUT2D eigenvalue weighted by Crippen LogP contribution is 2.49. The maximum absolute atomic E-state index is 13.1. The molecule has 3 aliphatic rings. The Morgan fingerprint density at radius 1 is 1.24 bits per heavy atom. The van der Waals surface area contributed by atoms with Crippen LogP contribution in [0.3, 0.4) is 0 Å². The summed E-state index contributed by atoms with van der Waals surface area (Å²) < 4.78 is 5.41. The number of hydrogen-bond donors (Lipinski definition) is 3. The summed E-state index contributed by atoms with van der Waals surface area (Å²) >= 11 is 0. The zero-order valence-corrected chi connectivity index (χ0v) is 19.7. The van der Waals surface area contributed by atoms with Gasteiger partial charge in [0.2, 0.25) is 5.91 Å². The molecule has 1 aromatic carbocycles. The molecular formula is C25H34N4O4. The van der Waals surface area contributed by atoms with Crippen LogP contribution in [-0.4, -0.2) is 71.2 Å². The molecule has 1 saturated carbocycles. The fourth-order valence-corrected chi connectivity index (χ4v) is 6.08. The second-order valence-corrected chi connectivity index (χ2v) is 10.2. The second kappa shape index (κ2) is 8.24. The van der Waals surface area contributed by atoms with Crippen LogP contribution < -0.4 is 10.1 Å². The van der Waals surface area contributed by atoms with Gasteiger partial charge in [0.1, 0.15) is 5.75 Å². The van der Waals surface area contributed by atoms with E-state index in [-0.39, 0.29) is 35.9 Å². The topological polar surface area (TPSA) is 97.9 Å². The number of fused-ring (bicyclic) bond motifs is 4. The highest BCUT2D eigenvalue weighted by atomic mass is 16.5. The minimum atomic E-state index is -0.470. The molecule has 178 valence electrons. The van der Waals surface area contributed by atoms with Crippen LogP contribution in [0, 0.1) is 5.92 Å². The number of amides is 3. The normalized spacial score (nSPS) is 22.0.